The van der Waals surface area contributed by atoms with Crippen LogP contribution in [0.3, 0.4) is 0 Å². The number of benzene rings is 1. The smallest absolute Gasteiger partial charge is 0.326 e. The normalized spacial score (nSPS) is 14.4. The topological polar surface area (TPSA) is 200 Å². The van der Waals surface area contributed by atoms with Gasteiger partial charge in [-0.05, 0) is 17.9 Å². The Bertz CT molecular complexity index is 982. The molecule has 0 saturated heterocycles. The molecule has 0 aliphatic heterocycles. The summed E-state index contributed by atoms with van der Waals surface area (Å²) >= 11 is 0. The number of aromatic amines is 1. The number of nitrogens with one attached hydrogen (secondary N) is 4. The minimum Gasteiger partial charge on any atom is -0.480 e. The van der Waals surface area contributed by atoms with E-state index in [1.54, 1.807) is 13.8 Å². The molecule has 0 aliphatic rings. The molecule has 12 nitrogen and oxygen atoms in total. The molecule has 3 amide bonds. The number of hydrogen-bond donors (Lipinski definition) is 7. The number of aromatic nitrogens is 2. The van der Waals surface area contributed by atoms with Crippen LogP contribution in [0.25, 0.3) is 0 Å². The second-order valence-electron chi connectivity index (χ2n) is 8.45. The molecular weight excluding hydrogens is 456 g/mol. The van der Waals surface area contributed by atoms with Crippen LogP contribution in [0.1, 0.15) is 25.1 Å². The number of aliphatic hydroxyl groups excluding tert-OH is 1. The van der Waals surface area contributed by atoms with Crippen molar-refractivity contribution in [1.82, 2.24) is 25.9 Å². The van der Waals surface area contributed by atoms with E-state index >= 15 is 0 Å². The average Bonchev–Trinajstić information content (AvgIpc) is 3.33. The van der Waals surface area contributed by atoms with E-state index < -0.39 is 60.4 Å². The Morgan fingerprint density at radius 1 is 0.971 bits per heavy atom. The molecule has 0 spiro atoms. The standard InChI is InChI=1S/C23H32N6O6/c1-13(2)19(22(33)27-17(23(34)35)9-15-10-25-12-26-15)29-21(32)18(11-30)28-20(31)16(24)8-14-6-4-3-5-7-14/h3-7,10,12-13,16-19,30H,8-9,11,24H2,1-2H3,(H,25,26)(H,27,33)(H,28,31)(H,29,32)(H,34,35). The van der Waals surface area contributed by atoms with Crippen molar-refractivity contribution in [2.75, 3.05) is 6.61 Å². The van der Waals surface area contributed by atoms with Crippen molar-refractivity contribution in [3.8, 4) is 0 Å². The summed E-state index contributed by atoms with van der Waals surface area (Å²) in [6.07, 6.45) is 3.04. The molecule has 12 heteroatoms. The molecule has 1 heterocycles. The quantitative estimate of drug-likeness (QED) is 0.180. The lowest BCUT2D eigenvalue weighted by Gasteiger charge is -2.26. The van der Waals surface area contributed by atoms with Gasteiger partial charge in [0.15, 0.2) is 0 Å². The predicted octanol–water partition coefficient (Wildman–Crippen LogP) is -1.29. The van der Waals surface area contributed by atoms with Gasteiger partial charge in [-0.2, -0.15) is 0 Å². The zero-order valence-corrected chi connectivity index (χ0v) is 19.6. The van der Waals surface area contributed by atoms with Gasteiger partial charge in [-0.25, -0.2) is 9.78 Å². The van der Waals surface area contributed by atoms with E-state index in [0.717, 1.165) is 5.56 Å². The van der Waals surface area contributed by atoms with E-state index in [4.69, 9.17) is 5.73 Å². The van der Waals surface area contributed by atoms with Gasteiger partial charge in [-0.15, -0.1) is 0 Å². The summed E-state index contributed by atoms with van der Waals surface area (Å²) in [6, 6.07) is 4.40. The SMILES string of the molecule is CC(C)C(NC(=O)C(CO)NC(=O)C(N)Cc1ccccc1)C(=O)NC(Cc1cnc[nH]1)C(=O)O. The van der Waals surface area contributed by atoms with Crippen LogP contribution in [0.2, 0.25) is 0 Å². The molecule has 0 fully saturated rings. The number of rotatable bonds is 13. The number of amides is 3. The molecule has 1 aromatic heterocycles. The summed E-state index contributed by atoms with van der Waals surface area (Å²) < 4.78 is 0. The van der Waals surface area contributed by atoms with Gasteiger partial charge in [0.25, 0.3) is 0 Å². The Hall–Kier alpha value is -3.77. The first kappa shape index (κ1) is 27.5. The lowest BCUT2D eigenvalue weighted by molar-refractivity contribution is -0.142. The maximum absolute atomic E-state index is 12.8. The first-order valence-electron chi connectivity index (χ1n) is 11.1. The van der Waals surface area contributed by atoms with Crippen molar-refractivity contribution in [2.45, 2.75) is 50.9 Å². The van der Waals surface area contributed by atoms with E-state index in [1.807, 2.05) is 30.3 Å². The minimum atomic E-state index is -1.35. The molecule has 35 heavy (non-hydrogen) atoms. The van der Waals surface area contributed by atoms with Crippen LogP contribution in [-0.4, -0.2) is 74.6 Å². The summed E-state index contributed by atoms with van der Waals surface area (Å²) in [6.45, 7) is 2.61. The number of nitrogens with two attached hydrogens (primary N) is 1. The Labute approximate surface area is 202 Å². The summed E-state index contributed by atoms with van der Waals surface area (Å²) in [7, 11) is 0. The average molecular weight is 489 g/mol. The van der Waals surface area contributed by atoms with Crippen LogP contribution in [0.15, 0.2) is 42.9 Å². The second-order valence-corrected chi connectivity index (χ2v) is 8.45. The van der Waals surface area contributed by atoms with Crippen molar-refractivity contribution in [2.24, 2.45) is 11.7 Å². The largest absolute Gasteiger partial charge is 0.480 e. The molecule has 4 atom stereocenters. The van der Waals surface area contributed by atoms with Crippen molar-refractivity contribution < 1.29 is 29.4 Å². The zero-order chi connectivity index (χ0) is 26.0. The van der Waals surface area contributed by atoms with Gasteiger partial charge in [0.05, 0.1) is 19.0 Å². The van der Waals surface area contributed by atoms with Crippen LogP contribution in [0.5, 0.6) is 0 Å². The third-order valence-corrected chi connectivity index (χ3v) is 5.29. The lowest BCUT2D eigenvalue weighted by atomic mass is 10.0. The predicted molar refractivity (Wildman–Crippen MR) is 126 cm³/mol. The highest BCUT2D eigenvalue weighted by molar-refractivity contribution is 5.94. The molecule has 0 bridgehead atoms. The van der Waals surface area contributed by atoms with E-state index in [1.165, 1.54) is 12.5 Å². The number of carboxylic acid groups (broad SMARTS) is 1. The van der Waals surface area contributed by atoms with E-state index in [-0.39, 0.29) is 12.8 Å². The van der Waals surface area contributed by atoms with Crippen LogP contribution < -0.4 is 21.7 Å². The van der Waals surface area contributed by atoms with Gasteiger partial charge in [-0.1, -0.05) is 44.2 Å². The first-order chi connectivity index (χ1) is 16.6. The zero-order valence-electron chi connectivity index (χ0n) is 19.6. The Morgan fingerprint density at radius 3 is 2.17 bits per heavy atom. The van der Waals surface area contributed by atoms with Crippen LogP contribution in [0.4, 0.5) is 0 Å². The fraction of sp³-hybridized carbons (Fsp3) is 0.435. The highest BCUT2D eigenvalue weighted by Crippen LogP contribution is 2.06. The van der Waals surface area contributed by atoms with E-state index in [9.17, 15) is 29.4 Å². The third-order valence-electron chi connectivity index (χ3n) is 5.29. The fourth-order valence-electron chi connectivity index (χ4n) is 3.30. The van der Waals surface area contributed by atoms with Gasteiger partial charge in [-0.3, -0.25) is 14.4 Å². The van der Waals surface area contributed by atoms with Gasteiger partial charge in [0.2, 0.25) is 17.7 Å². The molecule has 0 aliphatic carbocycles. The van der Waals surface area contributed by atoms with Crippen LogP contribution in [0, 0.1) is 5.92 Å². The highest BCUT2D eigenvalue weighted by Gasteiger charge is 2.32. The number of aliphatic carboxylic acids is 1. The maximum atomic E-state index is 12.8. The third kappa shape index (κ3) is 8.50. The molecule has 2 rings (SSSR count). The molecule has 2 aromatic rings. The number of aliphatic hydroxyl groups is 1. The molecule has 0 saturated carbocycles. The Balaban J connectivity index is 2.00. The number of hydrogen-bond acceptors (Lipinski definition) is 7. The molecule has 0 radical (unpaired) electrons. The molecule has 4 unspecified atom stereocenters. The first-order valence-corrected chi connectivity index (χ1v) is 11.1. The Morgan fingerprint density at radius 2 is 1.63 bits per heavy atom. The van der Waals surface area contributed by atoms with Crippen molar-refractivity contribution in [3.05, 3.63) is 54.1 Å². The summed E-state index contributed by atoms with van der Waals surface area (Å²) in [4.78, 5) is 56.2. The van der Waals surface area contributed by atoms with Crippen LogP contribution in [-0.2, 0) is 32.0 Å². The van der Waals surface area contributed by atoms with E-state index in [0.29, 0.717) is 5.69 Å². The monoisotopic (exact) mass is 488 g/mol. The molecule has 8 N–H and O–H groups in total. The van der Waals surface area contributed by atoms with Crippen molar-refractivity contribution in [3.63, 3.8) is 0 Å². The number of H-pyrrole nitrogens is 1. The number of carbonyl (C=O) groups is 4. The van der Waals surface area contributed by atoms with Gasteiger partial charge in [0, 0.05) is 18.3 Å². The summed E-state index contributed by atoms with van der Waals surface area (Å²) in [5, 5.41) is 26.4. The number of carboxylic acids is 1. The van der Waals surface area contributed by atoms with Crippen molar-refractivity contribution in [1.29, 1.82) is 0 Å². The minimum absolute atomic E-state index is 0.0333. The molecule has 190 valence electrons. The fourth-order valence-corrected chi connectivity index (χ4v) is 3.30. The molecule has 1 aromatic carbocycles. The van der Waals surface area contributed by atoms with Crippen molar-refractivity contribution >= 4 is 23.7 Å². The van der Waals surface area contributed by atoms with Gasteiger partial charge in [0.1, 0.15) is 18.1 Å². The summed E-state index contributed by atoms with van der Waals surface area (Å²) in [5.41, 5.74) is 7.28. The van der Waals surface area contributed by atoms with Crippen LogP contribution >= 0.6 is 0 Å². The lowest BCUT2D eigenvalue weighted by Crippen LogP contribution is -2.59. The van der Waals surface area contributed by atoms with Gasteiger partial charge < -0.3 is 36.9 Å². The molecular formula is C23H32N6O6. The number of imidazole rings is 1. The highest BCUT2D eigenvalue weighted by atomic mass is 16.4. The number of nitrogens with zero attached hydrogens (tertiary/aromatic N) is 1. The van der Waals surface area contributed by atoms with Gasteiger partial charge >= 0.3 is 5.97 Å². The second kappa shape index (κ2) is 13.2. The Kier molecular flexibility index (Phi) is 10.4. The maximum Gasteiger partial charge on any atom is 0.326 e. The summed E-state index contributed by atoms with van der Waals surface area (Å²) in [5.74, 6) is -3.84. The van der Waals surface area contributed by atoms with E-state index in [2.05, 4.69) is 25.9 Å². The number of carbonyl (C=O) groups excluding carboxylic acids is 3.